The van der Waals surface area contributed by atoms with Crippen molar-refractivity contribution in [3.05, 3.63) is 103 Å². The molecular weight excluding hydrogens is 484 g/mol. The highest BCUT2D eigenvalue weighted by atomic mass is 32.2. The van der Waals surface area contributed by atoms with Crippen LogP contribution < -0.4 is 10.2 Å². The summed E-state index contributed by atoms with van der Waals surface area (Å²) in [6.07, 6.45) is 3.65. The van der Waals surface area contributed by atoms with Gasteiger partial charge in [0.15, 0.2) is 9.84 Å². The number of carbonyl (C=O) groups is 1. The van der Waals surface area contributed by atoms with E-state index in [9.17, 15) is 13.2 Å². The standard InChI is InChI=1S/C29H30N4O3S/c34-29(33-18-16-32(17-19-33)25-11-5-2-6-12-25)27(20-23-8-3-1-4-9-23)31-22-37(35,36)28-13-7-10-24-21-30-15-14-26(24)28/h1-15,21,27,31H,16-20,22H2/t27-/m0/s1. The normalized spacial score (nSPS) is 15.0. The van der Waals surface area contributed by atoms with E-state index in [1.165, 1.54) is 0 Å². The Bertz CT molecular complexity index is 1450. The second-order valence-corrected chi connectivity index (χ2v) is 11.2. The van der Waals surface area contributed by atoms with Crippen molar-refractivity contribution in [2.24, 2.45) is 0 Å². The molecule has 190 valence electrons. The van der Waals surface area contributed by atoms with Gasteiger partial charge in [-0.15, -0.1) is 0 Å². The van der Waals surface area contributed by atoms with Crippen molar-refractivity contribution in [3.8, 4) is 0 Å². The van der Waals surface area contributed by atoms with Gasteiger partial charge >= 0.3 is 0 Å². The first kappa shape index (κ1) is 24.9. The fourth-order valence-electron chi connectivity index (χ4n) is 4.79. The summed E-state index contributed by atoms with van der Waals surface area (Å²) in [7, 11) is -3.70. The second-order valence-electron chi connectivity index (χ2n) is 9.21. The van der Waals surface area contributed by atoms with E-state index in [2.05, 4.69) is 27.3 Å². The van der Waals surface area contributed by atoms with Crippen LogP contribution in [-0.2, 0) is 21.1 Å². The van der Waals surface area contributed by atoms with Crippen LogP contribution in [0, 0.1) is 0 Å². The van der Waals surface area contributed by atoms with Crippen LogP contribution in [0.1, 0.15) is 5.56 Å². The molecule has 1 aliphatic heterocycles. The minimum Gasteiger partial charge on any atom is -0.368 e. The highest BCUT2D eigenvalue weighted by Crippen LogP contribution is 2.23. The van der Waals surface area contributed by atoms with Crippen molar-refractivity contribution in [2.45, 2.75) is 17.4 Å². The second kappa shape index (κ2) is 11.1. The van der Waals surface area contributed by atoms with E-state index in [1.807, 2.05) is 59.5 Å². The first-order valence-corrected chi connectivity index (χ1v) is 14.1. The molecule has 5 rings (SSSR count). The molecule has 1 aliphatic rings. The lowest BCUT2D eigenvalue weighted by molar-refractivity contribution is -0.133. The predicted molar refractivity (Wildman–Crippen MR) is 146 cm³/mol. The summed E-state index contributed by atoms with van der Waals surface area (Å²) in [6.45, 7) is 2.64. The van der Waals surface area contributed by atoms with Gasteiger partial charge < -0.3 is 9.80 Å². The number of anilines is 1. The Balaban J connectivity index is 1.32. The third-order valence-electron chi connectivity index (χ3n) is 6.79. The Labute approximate surface area is 217 Å². The molecule has 1 N–H and O–H groups in total. The molecule has 0 radical (unpaired) electrons. The summed E-state index contributed by atoms with van der Waals surface area (Å²) in [5.74, 6) is -0.407. The first-order chi connectivity index (χ1) is 18.0. The summed E-state index contributed by atoms with van der Waals surface area (Å²) in [6, 6.07) is 26.1. The molecule has 1 atom stereocenters. The lowest BCUT2D eigenvalue weighted by Crippen LogP contribution is -2.55. The Morgan fingerprint density at radius 3 is 2.30 bits per heavy atom. The van der Waals surface area contributed by atoms with E-state index in [0.29, 0.717) is 24.9 Å². The highest BCUT2D eigenvalue weighted by molar-refractivity contribution is 7.91. The number of hydrogen-bond acceptors (Lipinski definition) is 6. The number of nitrogens with one attached hydrogen (secondary N) is 1. The van der Waals surface area contributed by atoms with Crippen molar-refractivity contribution in [2.75, 3.05) is 37.0 Å². The molecule has 0 saturated carbocycles. The predicted octanol–water partition coefficient (Wildman–Crippen LogP) is 3.52. The maximum Gasteiger partial charge on any atom is 0.240 e. The number of nitrogens with zero attached hydrogens (tertiary/aromatic N) is 3. The van der Waals surface area contributed by atoms with Crippen molar-refractivity contribution < 1.29 is 13.2 Å². The Kier molecular flexibility index (Phi) is 7.48. The SMILES string of the molecule is O=C([C@H](Cc1ccccc1)NCS(=O)(=O)c1cccc2cnccc12)N1CCN(c2ccccc2)CC1. The number of rotatable bonds is 8. The Morgan fingerprint density at radius 2 is 1.57 bits per heavy atom. The number of hydrogen-bond donors (Lipinski definition) is 1. The zero-order valence-corrected chi connectivity index (χ0v) is 21.3. The number of aromatic nitrogens is 1. The number of piperazine rings is 1. The molecule has 1 amide bonds. The van der Waals surface area contributed by atoms with E-state index >= 15 is 0 Å². The summed E-state index contributed by atoms with van der Waals surface area (Å²) in [5.41, 5.74) is 2.12. The van der Waals surface area contributed by atoms with Crippen LogP contribution in [0.5, 0.6) is 0 Å². The molecule has 3 aromatic carbocycles. The molecule has 4 aromatic rings. The van der Waals surface area contributed by atoms with Gasteiger partial charge in [0.05, 0.1) is 10.9 Å². The average Bonchev–Trinajstić information content (AvgIpc) is 2.95. The molecule has 1 saturated heterocycles. The van der Waals surface area contributed by atoms with Gasteiger partial charge in [-0.2, -0.15) is 0 Å². The van der Waals surface area contributed by atoms with E-state index in [0.717, 1.165) is 29.7 Å². The molecule has 7 nitrogen and oxygen atoms in total. The van der Waals surface area contributed by atoms with Crippen molar-refractivity contribution >= 4 is 32.2 Å². The number of fused-ring (bicyclic) bond motifs is 1. The molecule has 0 bridgehead atoms. The van der Waals surface area contributed by atoms with Gasteiger partial charge in [0, 0.05) is 55.0 Å². The maximum absolute atomic E-state index is 13.7. The van der Waals surface area contributed by atoms with Gasteiger partial charge in [0.1, 0.15) is 5.88 Å². The molecule has 1 fully saturated rings. The van der Waals surface area contributed by atoms with Gasteiger partial charge in [0.2, 0.25) is 5.91 Å². The minimum absolute atomic E-state index is 0.0751. The van der Waals surface area contributed by atoms with Gasteiger partial charge in [0.25, 0.3) is 0 Å². The van der Waals surface area contributed by atoms with Crippen LogP contribution in [0.4, 0.5) is 5.69 Å². The summed E-state index contributed by atoms with van der Waals surface area (Å²) < 4.78 is 26.8. The largest absolute Gasteiger partial charge is 0.368 e. The van der Waals surface area contributed by atoms with E-state index in [-0.39, 0.29) is 16.7 Å². The van der Waals surface area contributed by atoms with E-state index in [4.69, 9.17) is 0 Å². The number of benzene rings is 3. The molecule has 1 aromatic heterocycles. The zero-order chi connectivity index (χ0) is 25.7. The number of pyridine rings is 1. The summed E-state index contributed by atoms with van der Waals surface area (Å²) in [4.78, 5) is 22.1. The van der Waals surface area contributed by atoms with Crippen LogP contribution in [0.2, 0.25) is 0 Å². The minimum atomic E-state index is -3.70. The van der Waals surface area contributed by atoms with Gasteiger partial charge in [-0.25, -0.2) is 8.42 Å². The number of amides is 1. The van der Waals surface area contributed by atoms with Crippen molar-refractivity contribution in [3.63, 3.8) is 0 Å². The topological polar surface area (TPSA) is 82.6 Å². The first-order valence-electron chi connectivity index (χ1n) is 12.4. The molecule has 37 heavy (non-hydrogen) atoms. The number of para-hydroxylation sites is 1. The number of carbonyl (C=O) groups excluding carboxylic acids is 1. The maximum atomic E-state index is 13.7. The van der Waals surface area contributed by atoms with Gasteiger partial charge in [-0.05, 0) is 36.2 Å². The molecule has 0 unspecified atom stereocenters. The quantitative estimate of drug-likeness (QED) is 0.388. The van der Waals surface area contributed by atoms with Crippen LogP contribution >= 0.6 is 0 Å². The Hall–Kier alpha value is -3.75. The number of sulfone groups is 1. The molecule has 8 heteroatoms. The summed E-state index contributed by atoms with van der Waals surface area (Å²) in [5, 5.41) is 4.49. The van der Waals surface area contributed by atoms with E-state index in [1.54, 1.807) is 30.6 Å². The molecule has 0 aliphatic carbocycles. The van der Waals surface area contributed by atoms with Crippen LogP contribution in [0.15, 0.2) is 102 Å². The Morgan fingerprint density at radius 1 is 0.865 bits per heavy atom. The smallest absolute Gasteiger partial charge is 0.240 e. The third kappa shape index (κ3) is 5.81. The average molecular weight is 515 g/mol. The summed E-state index contributed by atoms with van der Waals surface area (Å²) >= 11 is 0. The van der Waals surface area contributed by atoms with Gasteiger partial charge in [-0.3, -0.25) is 15.1 Å². The molecule has 0 spiro atoms. The molecular formula is C29H30N4O3S. The fourth-order valence-corrected chi connectivity index (χ4v) is 6.18. The van der Waals surface area contributed by atoms with Crippen molar-refractivity contribution in [1.82, 2.24) is 15.2 Å². The van der Waals surface area contributed by atoms with Crippen LogP contribution in [0.3, 0.4) is 0 Å². The lowest BCUT2D eigenvalue weighted by Gasteiger charge is -2.37. The molecule has 2 heterocycles. The highest BCUT2D eigenvalue weighted by Gasteiger charge is 2.29. The van der Waals surface area contributed by atoms with Crippen molar-refractivity contribution in [1.29, 1.82) is 0 Å². The zero-order valence-electron chi connectivity index (χ0n) is 20.5. The van der Waals surface area contributed by atoms with Crippen LogP contribution in [-0.4, -0.2) is 62.3 Å². The van der Waals surface area contributed by atoms with Gasteiger partial charge in [-0.1, -0.05) is 60.7 Å². The monoisotopic (exact) mass is 514 g/mol. The third-order valence-corrected chi connectivity index (χ3v) is 8.36. The lowest BCUT2D eigenvalue weighted by atomic mass is 10.0. The fraction of sp³-hybridized carbons (Fsp3) is 0.241. The van der Waals surface area contributed by atoms with Crippen LogP contribution in [0.25, 0.3) is 10.8 Å². The van der Waals surface area contributed by atoms with E-state index < -0.39 is 15.9 Å².